The molecule has 0 radical (unpaired) electrons. The zero-order valence-corrected chi connectivity index (χ0v) is 11.0. The van der Waals surface area contributed by atoms with Gasteiger partial charge in [0.1, 0.15) is 0 Å². The Hall–Kier alpha value is -0.193. The van der Waals surface area contributed by atoms with Crippen molar-refractivity contribution in [1.29, 1.82) is 0 Å². The maximum Gasteiger partial charge on any atom is 1.00 e. The largest absolute Gasteiger partial charge is 1.00 e. The Labute approximate surface area is 114 Å². The van der Waals surface area contributed by atoms with Gasteiger partial charge in [-0.1, -0.05) is 12.1 Å². The molecule has 18 heavy (non-hydrogen) atoms. The van der Waals surface area contributed by atoms with E-state index in [9.17, 15) is 29.4 Å². The van der Waals surface area contributed by atoms with Crippen molar-refractivity contribution in [2.75, 3.05) is 0 Å². The van der Waals surface area contributed by atoms with E-state index in [0.717, 1.165) is 5.56 Å². The molecule has 0 bridgehead atoms. The smallest absolute Gasteiger partial charge is 1.00 e. The average molecular weight is 306 g/mol. The summed E-state index contributed by atoms with van der Waals surface area (Å²) in [6, 6.07) is 6.10. The summed E-state index contributed by atoms with van der Waals surface area (Å²) in [5.74, 6) is 0. The van der Waals surface area contributed by atoms with Gasteiger partial charge >= 0.3 is 48.0 Å². The summed E-state index contributed by atoms with van der Waals surface area (Å²) in [6.07, 6.45) is 0. The minimum absolute atomic E-state index is 0. The number of hydrogen-bond acceptors (Lipinski definition) is 2. The van der Waals surface area contributed by atoms with Gasteiger partial charge in [0.15, 0.2) is 0 Å². The zero-order valence-electron chi connectivity index (χ0n) is 10.3. The average Bonchev–Trinajstić information content (AvgIpc) is 1.97. The fourth-order valence-corrected chi connectivity index (χ4v) is 1.36. The minimum atomic E-state index is -8.55. The van der Waals surface area contributed by atoms with Crippen LogP contribution < -0.4 is 18.9 Å². The van der Waals surface area contributed by atoms with Crippen molar-refractivity contribution in [3.05, 3.63) is 29.8 Å². The van der Waals surface area contributed by atoms with E-state index in [1.165, 1.54) is 12.1 Å². The van der Waals surface area contributed by atoms with Gasteiger partial charge in [0.2, 0.25) is 0 Å². The third-order valence-corrected chi connectivity index (χ3v) is 2.14. The summed E-state index contributed by atoms with van der Waals surface area (Å²) in [5, 5.41) is 0. The molecule has 0 saturated carbocycles. The van der Waals surface area contributed by atoms with Gasteiger partial charge in [-0.25, -0.2) is 0 Å². The topological polar surface area (TPSA) is 54.4 Å². The van der Waals surface area contributed by atoms with Crippen LogP contribution in [-0.4, -0.2) is 13.0 Å². The summed E-state index contributed by atoms with van der Waals surface area (Å²) in [4.78, 5) is -0.0579. The van der Waals surface area contributed by atoms with Crippen molar-refractivity contribution in [2.45, 2.75) is 11.8 Å². The second-order valence-corrected chi connectivity index (χ2v) is 5.63. The number of hydrogen-bond donors (Lipinski definition) is 1. The van der Waals surface area contributed by atoms with Crippen LogP contribution in [0.3, 0.4) is 0 Å². The number of aryl methyl sites for hydroxylation is 1. The predicted octanol–water partition coefficient (Wildman–Crippen LogP) is 1.32. The van der Waals surface area contributed by atoms with Crippen molar-refractivity contribution < 1.29 is 54.2 Å². The molecule has 0 aliphatic carbocycles. The number of halogens is 5. The molecular weight excluding hydrogens is 297 g/mol. The van der Waals surface area contributed by atoms with E-state index in [1.54, 1.807) is 19.1 Å². The van der Waals surface area contributed by atoms with Gasteiger partial charge in [-0.15, -0.1) is 0 Å². The van der Waals surface area contributed by atoms with Crippen LogP contribution in [0.15, 0.2) is 29.2 Å². The first-order valence-electron chi connectivity index (χ1n) is 3.89. The van der Waals surface area contributed by atoms with Crippen LogP contribution in [0.25, 0.3) is 0 Å². The molecule has 0 unspecified atom stereocenters. The molecule has 0 amide bonds. The maximum absolute atomic E-state index is 10.5. The maximum atomic E-state index is 10.5. The van der Waals surface area contributed by atoms with Crippen molar-refractivity contribution in [2.24, 2.45) is 0 Å². The van der Waals surface area contributed by atoms with E-state index in [-0.39, 0.29) is 25.2 Å². The SMILES string of the molecule is Cc1cccc(S(=O)(=O)O)c1.FP(F)(F)(F)F.[H-].[Li+]. The molecule has 0 aromatic heterocycles. The van der Waals surface area contributed by atoms with Crippen molar-refractivity contribution >= 4 is 18.3 Å². The molecule has 0 saturated heterocycles. The van der Waals surface area contributed by atoms with Gasteiger partial charge in [0, 0.05) is 0 Å². The van der Waals surface area contributed by atoms with Gasteiger partial charge in [-0.05, 0) is 24.6 Å². The van der Waals surface area contributed by atoms with Gasteiger partial charge in [0.05, 0.1) is 4.90 Å². The first-order chi connectivity index (χ1) is 7.24. The quantitative estimate of drug-likeness (QED) is 0.368. The molecule has 102 valence electrons. The van der Waals surface area contributed by atoms with Crippen LogP contribution in [-0.2, 0) is 10.1 Å². The first kappa shape index (κ1) is 20.1. The number of rotatable bonds is 1. The minimum Gasteiger partial charge on any atom is -1.00 e. The van der Waals surface area contributed by atoms with Gasteiger partial charge in [-0.2, -0.15) is 8.42 Å². The van der Waals surface area contributed by atoms with Crippen LogP contribution in [0, 0.1) is 6.92 Å². The zero-order chi connectivity index (χ0) is 13.9. The van der Waals surface area contributed by atoms with Crippen LogP contribution >= 0.6 is 8.16 Å². The van der Waals surface area contributed by atoms with E-state index >= 15 is 0 Å². The van der Waals surface area contributed by atoms with Crippen molar-refractivity contribution in [3.8, 4) is 0 Å². The van der Waals surface area contributed by atoms with E-state index < -0.39 is 18.3 Å². The molecule has 1 aromatic rings. The third-order valence-electron chi connectivity index (χ3n) is 1.29. The summed E-state index contributed by atoms with van der Waals surface area (Å²) in [5.41, 5.74) is 0.806. The Kier molecular flexibility index (Phi) is 7.05. The van der Waals surface area contributed by atoms with Crippen LogP contribution in [0.2, 0.25) is 0 Å². The van der Waals surface area contributed by atoms with E-state index in [0.29, 0.717) is 0 Å². The third kappa shape index (κ3) is 13.9. The molecule has 0 fully saturated rings. The van der Waals surface area contributed by atoms with E-state index in [2.05, 4.69) is 0 Å². The molecule has 1 N–H and O–H groups in total. The van der Waals surface area contributed by atoms with Crippen LogP contribution in [0.1, 0.15) is 6.99 Å². The standard InChI is InChI=1S/C7H8O3S.F5P.Li.H/c1-6-3-2-4-7(5-6)11(8,9)10;1-6(2,3,4)5;;/h2-5H,1H3,(H,8,9,10);;;/q;;+1;-1. The summed E-state index contributed by atoms with van der Waals surface area (Å²) in [6.45, 7) is 1.76. The molecule has 0 aliphatic heterocycles. The Balaban J connectivity index is -0.000000282. The normalized spacial score (nSPS) is 13.4. The summed E-state index contributed by atoms with van der Waals surface area (Å²) >= 11 is 0. The fraction of sp³-hybridized carbons (Fsp3) is 0.143. The summed E-state index contributed by atoms with van der Waals surface area (Å²) < 4.78 is 78.9. The Morgan fingerprint density at radius 3 is 1.78 bits per heavy atom. The first-order valence-corrected chi connectivity index (χ1v) is 7.02. The molecule has 11 heteroatoms. The van der Waals surface area contributed by atoms with Gasteiger partial charge in [-0.3, -0.25) is 4.55 Å². The monoisotopic (exact) mass is 306 g/mol. The summed E-state index contributed by atoms with van der Waals surface area (Å²) in [7, 11) is -12.6. The second kappa shape index (κ2) is 6.31. The molecule has 1 aromatic carbocycles. The van der Waals surface area contributed by atoms with Crippen LogP contribution in [0.4, 0.5) is 21.0 Å². The molecule has 0 heterocycles. The van der Waals surface area contributed by atoms with Crippen molar-refractivity contribution in [1.82, 2.24) is 0 Å². The van der Waals surface area contributed by atoms with Crippen LogP contribution in [0.5, 0.6) is 0 Å². The molecule has 0 spiro atoms. The molecule has 3 nitrogen and oxygen atoms in total. The van der Waals surface area contributed by atoms with Crippen molar-refractivity contribution in [3.63, 3.8) is 0 Å². The Bertz CT molecular complexity index is 488. The fourth-order valence-electron chi connectivity index (χ4n) is 0.776. The molecule has 0 aliphatic rings. The predicted molar refractivity (Wildman–Crippen MR) is 54.6 cm³/mol. The molecule has 0 atom stereocenters. The Morgan fingerprint density at radius 2 is 1.56 bits per heavy atom. The van der Waals surface area contributed by atoms with Gasteiger partial charge in [0.25, 0.3) is 10.1 Å². The van der Waals surface area contributed by atoms with E-state index in [4.69, 9.17) is 4.55 Å². The molecule has 1 rings (SSSR count). The Morgan fingerprint density at radius 1 is 1.17 bits per heavy atom. The van der Waals surface area contributed by atoms with Gasteiger partial charge < -0.3 is 1.43 Å². The van der Waals surface area contributed by atoms with E-state index in [1.807, 2.05) is 0 Å². The number of benzene rings is 1. The molecular formula is C7H9F5LiO3PS. The second-order valence-electron chi connectivity index (χ2n) is 2.93.